The van der Waals surface area contributed by atoms with Gasteiger partial charge in [0.2, 0.25) is 0 Å². The van der Waals surface area contributed by atoms with Crippen molar-refractivity contribution in [1.29, 1.82) is 0 Å². The van der Waals surface area contributed by atoms with E-state index >= 15 is 0 Å². The van der Waals surface area contributed by atoms with Gasteiger partial charge in [-0.25, -0.2) is 13.8 Å². The van der Waals surface area contributed by atoms with Crippen LogP contribution in [-0.2, 0) is 13.0 Å². The van der Waals surface area contributed by atoms with Gasteiger partial charge in [0.05, 0.1) is 0 Å². The summed E-state index contributed by atoms with van der Waals surface area (Å²) >= 11 is 1.74. The monoisotopic (exact) mass is 387 g/mol. The van der Waals surface area contributed by atoms with Gasteiger partial charge in [-0.3, -0.25) is 0 Å². The number of nitrogen functional groups attached to an aromatic ring is 1. The molecule has 0 amide bonds. The lowest BCUT2D eigenvalue weighted by molar-refractivity contribution is 0.221. The van der Waals surface area contributed by atoms with Crippen LogP contribution in [0.1, 0.15) is 29.0 Å². The zero-order valence-electron chi connectivity index (χ0n) is 14.8. The van der Waals surface area contributed by atoms with Crippen LogP contribution in [0.25, 0.3) is 10.4 Å². The molecule has 2 aromatic heterocycles. The van der Waals surface area contributed by atoms with Crippen LogP contribution in [0, 0.1) is 11.6 Å². The number of fused-ring (bicyclic) bond motifs is 1. The summed E-state index contributed by atoms with van der Waals surface area (Å²) in [5.41, 5.74) is 8.28. The fourth-order valence-electron chi connectivity index (χ4n) is 3.16. The van der Waals surface area contributed by atoms with Gasteiger partial charge in [0.15, 0.2) is 11.6 Å². The number of nitrogens with one attached hydrogen (secondary N) is 1. The van der Waals surface area contributed by atoms with E-state index in [2.05, 4.69) is 16.4 Å². The number of thiophene rings is 1. The van der Waals surface area contributed by atoms with Gasteiger partial charge in [0.1, 0.15) is 17.7 Å². The van der Waals surface area contributed by atoms with Gasteiger partial charge in [0.25, 0.3) is 0 Å². The van der Waals surface area contributed by atoms with Crippen molar-refractivity contribution in [3.63, 3.8) is 0 Å². The van der Waals surface area contributed by atoms with E-state index in [4.69, 9.17) is 10.5 Å². The van der Waals surface area contributed by atoms with Crippen molar-refractivity contribution in [3.05, 3.63) is 64.2 Å². The second-order valence-corrected chi connectivity index (χ2v) is 7.66. The number of rotatable bonds is 4. The minimum atomic E-state index is -0.708. The third-order valence-electron chi connectivity index (χ3n) is 4.61. The Bertz CT molecular complexity index is 966. The Morgan fingerprint density at radius 2 is 2.11 bits per heavy atom. The zero-order valence-corrected chi connectivity index (χ0v) is 15.6. The molecule has 0 aliphatic carbocycles. The Morgan fingerprint density at radius 3 is 2.93 bits per heavy atom. The number of pyridine rings is 1. The van der Waals surface area contributed by atoms with Gasteiger partial charge >= 0.3 is 0 Å². The number of nitrogens with two attached hydrogens (primary N) is 1. The summed E-state index contributed by atoms with van der Waals surface area (Å²) in [5.74, 6) is -0.469. The lowest BCUT2D eigenvalue weighted by Crippen LogP contribution is -2.21. The molecule has 3 heterocycles. The van der Waals surface area contributed by atoms with Gasteiger partial charge < -0.3 is 15.8 Å². The first-order chi connectivity index (χ1) is 13.0. The van der Waals surface area contributed by atoms with Crippen LogP contribution in [0.3, 0.4) is 0 Å². The van der Waals surface area contributed by atoms with E-state index in [1.165, 1.54) is 10.4 Å². The van der Waals surface area contributed by atoms with Gasteiger partial charge in [0, 0.05) is 40.2 Å². The molecule has 1 aliphatic heterocycles. The Hall–Kier alpha value is -2.51. The zero-order chi connectivity index (χ0) is 19.0. The van der Waals surface area contributed by atoms with Gasteiger partial charge in [-0.05, 0) is 49.2 Å². The molecular weight excluding hydrogens is 368 g/mol. The van der Waals surface area contributed by atoms with E-state index in [1.807, 2.05) is 0 Å². The number of ether oxygens (including phenoxy) is 1. The molecule has 4 rings (SSSR count). The van der Waals surface area contributed by atoms with Crippen molar-refractivity contribution in [1.82, 2.24) is 10.3 Å². The highest BCUT2D eigenvalue weighted by atomic mass is 32.1. The van der Waals surface area contributed by atoms with Gasteiger partial charge in [-0.15, -0.1) is 11.3 Å². The van der Waals surface area contributed by atoms with Crippen molar-refractivity contribution in [2.45, 2.75) is 26.0 Å². The third kappa shape index (κ3) is 3.65. The molecule has 1 unspecified atom stereocenters. The third-order valence-corrected chi connectivity index (χ3v) is 5.89. The molecule has 1 aromatic carbocycles. The number of anilines is 1. The predicted octanol–water partition coefficient (Wildman–Crippen LogP) is 4.46. The Morgan fingerprint density at radius 1 is 1.26 bits per heavy atom. The highest BCUT2D eigenvalue weighted by Gasteiger charge is 2.18. The maximum Gasteiger partial charge on any atom is 0.166 e. The summed E-state index contributed by atoms with van der Waals surface area (Å²) in [5, 5.41) is 3.36. The first-order valence-electron chi connectivity index (χ1n) is 8.71. The first-order valence-corrected chi connectivity index (χ1v) is 9.52. The normalized spacial score (nSPS) is 14.6. The molecular formula is C20H19F2N3OS. The molecule has 0 fully saturated rings. The summed E-state index contributed by atoms with van der Waals surface area (Å²) in [4.78, 5) is 6.69. The summed E-state index contributed by atoms with van der Waals surface area (Å²) in [6, 6.07) is 7.26. The molecule has 0 spiro atoms. The Balaban J connectivity index is 1.62. The quantitative estimate of drug-likeness (QED) is 0.694. The van der Waals surface area contributed by atoms with E-state index in [1.54, 1.807) is 30.5 Å². The Kier molecular flexibility index (Phi) is 4.80. The molecule has 7 heteroatoms. The molecule has 0 saturated carbocycles. The number of nitrogens with zero attached hydrogens (tertiary/aromatic N) is 1. The van der Waals surface area contributed by atoms with E-state index in [0.29, 0.717) is 5.75 Å². The van der Waals surface area contributed by atoms with E-state index in [0.717, 1.165) is 48.2 Å². The van der Waals surface area contributed by atoms with Crippen molar-refractivity contribution >= 4 is 17.2 Å². The lowest BCUT2D eigenvalue weighted by Gasteiger charge is -2.17. The van der Waals surface area contributed by atoms with Crippen LogP contribution in [0.15, 0.2) is 36.5 Å². The van der Waals surface area contributed by atoms with Gasteiger partial charge in [-0.1, -0.05) is 0 Å². The van der Waals surface area contributed by atoms with Crippen LogP contribution < -0.4 is 15.8 Å². The maximum absolute atomic E-state index is 14.0. The van der Waals surface area contributed by atoms with Crippen molar-refractivity contribution in [3.8, 4) is 16.2 Å². The molecule has 3 N–H and O–H groups in total. The molecule has 140 valence electrons. The van der Waals surface area contributed by atoms with E-state index < -0.39 is 17.7 Å². The second-order valence-electron chi connectivity index (χ2n) is 6.52. The summed E-state index contributed by atoms with van der Waals surface area (Å²) in [6.45, 7) is 3.50. The second kappa shape index (κ2) is 7.25. The molecule has 4 nitrogen and oxygen atoms in total. The largest absolute Gasteiger partial charge is 0.482 e. The fraction of sp³-hybridized carbons (Fsp3) is 0.250. The molecule has 1 aliphatic rings. The molecule has 0 bridgehead atoms. The number of halogens is 2. The summed E-state index contributed by atoms with van der Waals surface area (Å²) in [6.07, 6.45) is 2.02. The smallest absolute Gasteiger partial charge is 0.166 e. The summed E-state index contributed by atoms with van der Waals surface area (Å²) < 4.78 is 33.3. The highest BCUT2D eigenvalue weighted by Crippen LogP contribution is 2.36. The van der Waals surface area contributed by atoms with Crippen LogP contribution in [0.4, 0.5) is 14.6 Å². The van der Waals surface area contributed by atoms with Crippen molar-refractivity contribution in [2.24, 2.45) is 0 Å². The predicted molar refractivity (Wildman–Crippen MR) is 103 cm³/mol. The maximum atomic E-state index is 14.0. The Labute approximate surface area is 160 Å². The molecule has 1 atom stereocenters. The molecule has 0 saturated heterocycles. The number of aromatic nitrogens is 1. The fourth-order valence-corrected chi connectivity index (χ4v) is 4.32. The minimum absolute atomic E-state index is 0.137. The van der Waals surface area contributed by atoms with Crippen molar-refractivity contribution < 1.29 is 13.5 Å². The highest BCUT2D eigenvalue weighted by molar-refractivity contribution is 7.15. The van der Waals surface area contributed by atoms with E-state index in [9.17, 15) is 8.78 Å². The molecule has 3 aromatic rings. The first kappa shape index (κ1) is 17.9. The standard InChI is InChI=1S/C20H19F2N3OS/c1-11(15-8-14(21)2-3-16(15)22)26-17-6-12(10-25-20(17)23)19-7-13-9-24-5-4-18(13)27-19/h2-3,6-8,10-11,24H,4-5,9H2,1H3,(H2,23,25). The van der Waals surface area contributed by atoms with Crippen LogP contribution in [0.2, 0.25) is 0 Å². The van der Waals surface area contributed by atoms with Crippen LogP contribution in [0.5, 0.6) is 5.75 Å². The minimum Gasteiger partial charge on any atom is -0.482 e. The van der Waals surface area contributed by atoms with Crippen LogP contribution in [-0.4, -0.2) is 11.5 Å². The molecule has 0 radical (unpaired) electrons. The topological polar surface area (TPSA) is 60.2 Å². The molecule has 27 heavy (non-hydrogen) atoms. The SMILES string of the molecule is CC(Oc1cc(-c2cc3c(s2)CCNC3)cnc1N)c1cc(F)ccc1F. The number of benzene rings is 1. The number of hydrogen-bond donors (Lipinski definition) is 2. The average molecular weight is 387 g/mol. The van der Waals surface area contributed by atoms with Crippen LogP contribution >= 0.6 is 11.3 Å². The van der Waals surface area contributed by atoms with Crippen molar-refractivity contribution in [2.75, 3.05) is 12.3 Å². The van der Waals surface area contributed by atoms with Gasteiger partial charge in [-0.2, -0.15) is 0 Å². The lowest BCUT2D eigenvalue weighted by atomic mass is 10.1. The summed E-state index contributed by atoms with van der Waals surface area (Å²) in [7, 11) is 0. The number of hydrogen-bond acceptors (Lipinski definition) is 5. The van der Waals surface area contributed by atoms with E-state index in [-0.39, 0.29) is 11.4 Å². The average Bonchev–Trinajstić information content (AvgIpc) is 3.09.